The summed E-state index contributed by atoms with van der Waals surface area (Å²) in [6, 6.07) is 0.0776. The second kappa shape index (κ2) is 4.08. The molecule has 65 valence electrons. The molecule has 0 aromatic heterocycles. The standard InChI is InChI=1S/C8H17NOP/c1-6-7-9(8(2)3)11(4,5)10/h6,8H,1-2,7H2,3-5H3. The van der Waals surface area contributed by atoms with Crippen LogP contribution in [-0.4, -0.2) is 30.6 Å². The number of nitrogens with zero attached hydrogens (tertiary/aromatic N) is 1. The van der Waals surface area contributed by atoms with Gasteiger partial charge in [-0.25, -0.2) is 4.67 Å². The highest BCUT2D eigenvalue weighted by atomic mass is 31.2. The van der Waals surface area contributed by atoms with Gasteiger partial charge in [0.2, 0.25) is 0 Å². The van der Waals surface area contributed by atoms with Gasteiger partial charge in [0.05, 0.1) is 0 Å². The lowest BCUT2D eigenvalue weighted by Gasteiger charge is -2.28. The summed E-state index contributed by atoms with van der Waals surface area (Å²) in [5.74, 6) is 0. The van der Waals surface area contributed by atoms with Gasteiger partial charge in [0.15, 0.2) is 0 Å². The number of hydrogen-bond donors (Lipinski definition) is 0. The van der Waals surface area contributed by atoms with Gasteiger partial charge in [-0.3, -0.25) is 0 Å². The van der Waals surface area contributed by atoms with Crippen LogP contribution in [0.1, 0.15) is 6.92 Å². The third-order valence-corrected chi connectivity index (χ3v) is 3.24. The average molecular weight is 174 g/mol. The van der Waals surface area contributed by atoms with E-state index in [4.69, 9.17) is 0 Å². The lowest BCUT2D eigenvalue weighted by atomic mass is 10.4. The summed E-state index contributed by atoms with van der Waals surface area (Å²) in [6.07, 6.45) is 1.75. The molecule has 2 nitrogen and oxygen atoms in total. The topological polar surface area (TPSA) is 20.3 Å². The Balaban J connectivity index is 4.34. The molecule has 0 rings (SSSR count). The molecule has 0 N–H and O–H groups in total. The first-order chi connectivity index (χ1) is 4.89. The van der Waals surface area contributed by atoms with Gasteiger partial charge in [-0.1, -0.05) is 6.08 Å². The third-order valence-electron chi connectivity index (χ3n) is 1.44. The summed E-state index contributed by atoms with van der Waals surface area (Å²) < 4.78 is 13.4. The summed E-state index contributed by atoms with van der Waals surface area (Å²) in [5.41, 5.74) is 0. The van der Waals surface area contributed by atoms with E-state index in [1.54, 1.807) is 19.4 Å². The van der Waals surface area contributed by atoms with E-state index in [0.717, 1.165) is 0 Å². The summed E-state index contributed by atoms with van der Waals surface area (Å²) in [6.45, 7) is 13.5. The fraction of sp³-hybridized carbons (Fsp3) is 0.625. The summed E-state index contributed by atoms with van der Waals surface area (Å²) in [4.78, 5) is 0. The van der Waals surface area contributed by atoms with Gasteiger partial charge in [-0.2, -0.15) is 0 Å². The summed E-state index contributed by atoms with van der Waals surface area (Å²) >= 11 is 0. The molecule has 0 bridgehead atoms. The number of hydrogen-bond acceptors (Lipinski definition) is 1. The Labute approximate surface area is 69.7 Å². The Morgan fingerprint density at radius 3 is 2.18 bits per heavy atom. The molecule has 0 spiro atoms. The molecule has 1 unspecified atom stereocenters. The average Bonchev–Trinajstić information content (AvgIpc) is 1.79. The maximum absolute atomic E-state index is 11.6. The Morgan fingerprint density at radius 1 is 1.64 bits per heavy atom. The highest BCUT2D eigenvalue weighted by Gasteiger charge is 2.20. The fourth-order valence-corrected chi connectivity index (χ4v) is 2.44. The Bertz CT molecular complexity index is 171. The second-order valence-corrected chi connectivity index (χ2v) is 6.16. The molecule has 11 heavy (non-hydrogen) atoms. The summed E-state index contributed by atoms with van der Waals surface area (Å²) in [7, 11) is -2.15. The molecule has 0 aromatic rings. The lowest BCUT2D eigenvalue weighted by Crippen LogP contribution is -2.27. The van der Waals surface area contributed by atoms with Crippen LogP contribution in [0.25, 0.3) is 0 Å². The van der Waals surface area contributed by atoms with Crippen molar-refractivity contribution in [1.29, 1.82) is 0 Å². The predicted octanol–water partition coefficient (Wildman–Crippen LogP) is 2.23. The molecule has 1 radical (unpaired) electrons. The van der Waals surface area contributed by atoms with E-state index in [-0.39, 0.29) is 6.04 Å². The monoisotopic (exact) mass is 174 g/mol. The highest BCUT2D eigenvalue weighted by Crippen LogP contribution is 2.42. The van der Waals surface area contributed by atoms with Crippen LogP contribution in [0.2, 0.25) is 0 Å². The van der Waals surface area contributed by atoms with Crippen molar-refractivity contribution < 1.29 is 4.57 Å². The molecule has 0 saturated carbocycles. The van der Waals surface area contributed by atoms with Crippen LogP contribution in [-0.2, 0) is 4.57 Å². The van der Waals surface area contributed by atoms with Crippen molar-refractivity contribution in [2.45, 2.75) is 13.0 Å². The van der Waals surface area contributed by atoms with Crippen molar-refractivity contribution in [2.75, 3.05) is 19.9 Å². The van der Waals surface area contributed by atoms with Crippen LogP contribution in [0.15, 0.2) is 12.7 Å². The van der Waals surface area contributed by atoms with Crippen molar-refractivity contribution in [3.8, 4) is 0 Å². The molecule has 0 aromatic carbocycles. The zero-order valence-electron chi connectivity index (χ0n) is 7.58. The van der Waals surface area contributed by atoms with Crippen molar-refractivity contribution in [3.05, 3.63) is 19.6 Å². The van der Waals surface area contributed by atoms with Gasteiger partial charge in [0.1, 0.15) is 7.29 Å². The van der Waals surface area contributed by atoms with Gasteiger partial charge in [-0.15, -0.1) is 6.58 Å². The minimum absolute atomic E-state index is 0.0776. The molecule has 0 fully saturated rings. The molecule has 0 amide bonds. The minimum Gasteiger partial charge on any atom is -0.307 e. The molecular weight excluding hydrogens is 157 g/mol. The van der Waals surface area contributed by atoms with E-state index in [1.165, 1.54) is 0 Å². The van der Waals surface area contributed by atoms with Gasteiger partial charge < -0.3 is 4.57 Å². The van der Waals surface area contributed by atoms with E-state index in [2.05, 4.69) is 13.5 Å². The third kappa shape index (κ3) is 3.74. The van der Waals surface area contributed by atoms with Crippen LogP contribution in [0.3, 0.4) is 0 Å². The first-order valence-electron chi connectivity index (χ1n) is 3.65. The van der Waals surface area contributed by atoms with Crippen molar-refractivity contribution in [1.82, 2.24) is 4.67 Å². The first kappa shape index (κ1) is 10.9. The molecule has 3 heteroatoms. The van der Waals surface area contributed by atoms with Gasteiger partial charge >= 0.3 is 0 Å². The quantitative estimate of drug-likeness (QED) is 0.481. The van der Waals surface area contributed by atoms with Crippen LogP contribution < -0.4 is 0 Å². The first-order valence-corrected chi connectivity index (χ1v) is 6.21. The summed E-state index contributed by atoms with van der Waals surface area (Å²) in [5, 5.41) is 0. The molecule has 0 heterocycles. The molecule has 0 aliphatic heterocycles. The van der Waals surface area contributed by atoms with Crippen LogP contribution >= 0.6 is 7.29 Å². The Kier molecular flexibility index (Phi) is 4.05. The van der Waals surface area contributed by atoms with E-state index in [0.29, 0.717) is 6.54 Å². The van der Waals surface area contributed by atoms with Crippen molar-refractivity contribution in [2.24, 2.45) is 0 Å². The van der Waals surface area contributed by atoms with Crippen LogP contribution in [0.5, 0.6) is 0 Å². The van der Waals surface area contributed by atoms with Crippen LogP contribution in [0.4, 0.5) is 0 Å². The maximum atomic E-state index is 11.6. The normalized spacial score (nSPS) is 12.5. The Hall–Kier alpha value is -0.0700. The van der Waals surface area contributed by atoms with Crippen molar-refractivity contribution >= 4 is 7.29 Å². The molecule has 0 aliphatic rings. The maximum Gasteiger partial charge on any atom is 0.145 e. The van der Waals surface area contributed by atoms with Gasteiger partial charge in [0.25, 0.3) is 0 Å². The second-order valence-electron chi connectivity index (χ2n) is 3.05. The van der Waals surface area contributed by atoms with E-state index < -0.39 is 7.29 Å². The predicted molar refractivity (Wildman–Crippen MR) is 51.2 cm³/mol. The number of rotatable bonds is 4. The lowest BCUT2D eigenvalue weighted by molar-refractivity contribution is 0.411. The molecular formula is C8H17NOP. The van der Waals surface area contributed by atoms with E-state index >= 15 is 0 Å². The minimum atomic E-state index is -2.15. The SMILES string of the molecule is [CH2]C(C)N(CC=C)P(C)(C)=O. The zero-order chi connectivity index (χ0) is 9.07. The largest absolute Gasteiger partial charge is 0.307 e. The van der Waals surface area contributed by atoms with Crippen molar-refractivity contribution in [3.63, 3.8) is 0 Å². The Morgan fingerprint density at radius 2 is 2.09 bits per heavy atom. The van der Waals surface area contributed by atoms with E-state index in [9.17, 15) is 4.57 Å². The highest BCUT2D eigenvalue weighted by molar-refractivity contribution is 7.59. The van der Waals surface area contributed by atoms with E-state index in [1.807, 2.05) is 11.6 Å². The van der Waals surface area contributed by atoms with Gasteiger partial charge in [0, 0.05) is 25.9 Å². The molecule has 1 atom stereocenters. The molecule has 0 aliphatic carbocycles. The zero-order valence-corrected chi connectivity index (χ0v) is 8.47. The smallest absolute Gasteiger partial charge is 0.145 e. The molecule has 0 saturated heterocycles. The van der Waals surface area contributed by atoms with Gasteiger partial charge in [-0.05, 0) is 13.8 Å². The fourth-order valence-electron chi connectivity index (χ4n) is 0.984. The van der Waals surface area contributed by atoms with Crippen LogP contribution in [0, 0.1) is 6.92 Å².